The van der Waals surface area contributed by atoms with E-state index in [2.05, 4.69) is 6.92 Å². The molecule has 114 valence electrons. The van der Waals surface area contributed by atoms with Crippen molar-refractivity contribution in [3.8, 4) is 0 Å². The van der Waals surface area contributed by atoms with E-state index in [-0.39, 0.29) is 11.4 Å². The molecule has 21 heavy (non-hydrogen) atoms. The summed E-state index contributed by atoms with van der Waals surface area (Å²) in [6, 6.07) is 1.77. The second-order valence-electron chi connectivity index (χ2n) is 5.27. The van der Waals surface area contributed by atoms with E-state index >= 15 is 0 Å². The van der Waals surface area contributed by atoms with Crippen molar-refractivity contribution in [2.45, 2.75) is 26.2 Å². The highest BCUT2D eigenvalue weighted by Crippen LogP contribution is 2.35. The molecule has 1 aromatic carbocycles. The molecule has 2 rings (SSSR count). The molecular weight excluding hydrogens is 279 g/mol. The molecule has 0 aromatic heterocycles. The molecule has 1 fully saturated rings. The van der Waals surface area contributed by atoms with Crippen molar-refractivity contribution in [3.63, 3.8) is 0 Å². The number of hydrogen-bond donors (Lipinski definition) is 1. The summed E-state index contributed by atoms with van der Waals surface area (Å²) >= 11 is 0. The third-order valence-electron chi connectivity index (χ3n) is 3.81. The topological polar surface area (TPSA) is 83.7 Å². The van der Waals surface area contributed by atoms with Crippen molar-refractivity contribution in [3.05, 3.63) is 33.6 Å². The Kier molecular flexibility index (Phi) is 4.40. The fourth-order valence-corrected chi connectivity index (χ4v) is 2.81. The number of rotatable bonds is 5. The highest BCUT2D eigenvalue weighted by atomic mass is 19.1. The predicted molar refractivity (Wildman–Crippen MR) is 75.2 cm³/mol. The monoisotopic (exact) mass is 296 g/mol. The number of benzene rings is 1. The van der Waals surface area contributed by atoms with Gasteiger partial charge in [-0.25, -0.2) is 9.18 Å². The lowest BCUT2D eigenvalue weighted by Gasteiger charge is -2.19. The largest absolute Gasteiger partial charge is 0.478 e. The molecule has 1 aliphatic heterocycles. The van der Waals surface area contributed by atoms with Gasteiger partial charge in [0, 0.05) is 25.2 Å². The zero-order chi connectivity index (χ0) is 15.6. The number of halogens is 1. The van der Waals surface area contributed by atoms with Gasteiger partial charge < -0.3 is 10.0 Å². The van der Waals surface area contributed by atoms with E-state index in [1.54, 1.807) is 4.90 Å². The predicted octanol–water partition coefficient (Wildman–Crippen LogP) is 3.06. The average Bonchev–Trinajstić information content (AvgIpc) is 2.86. The van der Waals surface area contributed by atoms with Crippen LogP contribution in [0.5, 0.6) is 0 Å². The van der Waals surface area contributed by atoms with Crippen LogP contribution >= 0.6 is 0 Å². The van der Waals surface area contributed by atoms with Crippen LogP contribution in [0.15, 0.2) is 12.1 Å². The molecule has 7 heteroatoms. The lowest BCUT2D eigenvalue weighted by atomic mass is 10.0. The Balaban J connectivity index is 2.37. The zero-order valence-corrected chi connectivity index (χ0v) is 11.7. The summed E-state index contributed by atoms with van der Waals surface area (Å²) in [4.78, 5) is 23.1. The third-order valence-corrected chi connectivity index (χ3v) is 3.81. The van der Waals surface area contributed by atoms with Crippen LogP contribution in [0.1, 0.15) is 36.5 Å². The quantitative estimate of drug-likeness (QED) is 0.667. The van der Waals surface area contributed by atoms with Crippen molar-refractivity contribution in [1.29, 1.82) is 0 Å². The minimum absolute atomic E-state index is 0.168. The molecule has 1 aliphatic rings. The Bertz CT molecular complexity index is 576. The number of hydrogen-bond acceptors (Lipinski definition) is 4. The number of carboxylic acid groups (broad SMARTS) is 1. The first kappa shape index (κ1) is 15.2. The Morgan fingerprint density at radius 1 is 1.57 bits per heavy atom. The van der Waals surface area contributed by atoms with Gasteiger partial charge in [-0.05, 0) is 18.8 Å². The molecular formula is C14H17FN2O4. The second-order valence-corrected chi connectivity index (χ2v) is 5.27. The molecule has 1 atom stereocenters. The molecule has 1 N–H and O–H groups in total. The molecule has 0 spiro atoms. The van der Waals surface area contributed by atoms with Gasteiger partial charge >= 0.3 is 5.97 Å². The van der Waals surface area contributed by atoms with Gasteiger partial charge in [-0.1, -0.05) is 13.3 Å². The van der Waals surface area contributed by atoms with E-state index < -0.39 is 22.3 Å². The van der Waals surface area contributed by atoms with E-state index in [0.717, 1.165) is 31.4 Å². The maximum absolute atomic E-state index is 13.8. The van der Waals surface area contributed by atoms with Gasteiger partial charge in [-0.3, -0.25) is 10.1 Å². The van der Waals surface area contributed by atoms with Gasteiger partial charge in [0.15, 0.2) is 0 Å². The van der Waals surface area contributed by atoms with Gasteiger partial charge in [-0.2, -0.15) is 0 Å². The lowest BCUT2D eigenvalue weighted by Crippen LogP contribution is -2.21. The van der Waals surface area contributed by atoms with Crippen molar-refractivity contribution >= 4 is 17.3 Å². The minimum atomic E-state index is -1.51. The standard InChI is InChI=1S/C14H17FN2O4/c1-2-3-9-4-5-16(8-9)12-7-11(15)10(14(18)19)6-13(12)17(20)21/h6-7,9H,2-5,8H2,1H3,(H,18,19). The number of aromatic carboxylic acids is 1. The number of nitro groups is 1. The minimum Gasteiger partial charge on any atom is -0.478 e. The first-order valence-corrected chi connectivity index (χ1v) is 6.90. The summed E-state index contributed by atoms with van der Waals surface area (Å²) in [6.45, 7) is 3.34. The molecule has 1 heterocycles. The summed E-state index contributed by atoms with van der Waals surface area (Å²) in [7, 11) is 0. The summed E-state index contributed by atoms with van der Waals surface area (Å²) in [5.74, 6) is -2.01. The molecule has 0 aliphatic carbocycles. The fraction of sp³-hybridized carbons (Fsp3) is 0.500. The van der Waals surface area contributed by atoms with E-state index in [4.69, 9.17) is 5.11 Å². The molecule has 1 unspecified atom stereocenters. The van der Waals surface area contributed by atoms with Gasteiger partial charge in [0.1, 0.15) is 17.1 Å². The number of nitro benzene ring substituents is 1. The Morgan fingerprint density at radius 3 is 2.86 bits per heavy atom. The van der Waals surface area contributed by atoms with E-state index in [1.165, 1.54) is 0 Å². The molecule has 1 saturated heterocycles. The van der Waals surface area contributed by atoms with Crippen LogP contribution in [0, 0.1) is 21.8 Å². The van der Waals surface area contributed by atoms with Gasteiger partial charge in [-0.15, -0.1) is 0 Å². The first-order valence-electron chi connectivity index (χ1n) is 6.90. The summed E-state index contributed by atoms with van der Waals surface area (Å²) in [6.07, 6.45) is 2.97. The first-order chi connectivity index (χ1) is 9.93. The average molecular weight is 296 g/mol. The van der Waals surface area contributed by atoms with Gasteiger partial charge in [0.25, 0.3) is 5.69 Å². The zero-order valence-electron chi connectivity index (χ0n) is 11.7. The Hall–Kier alpha value is -2.18. The van der Waals surface area contributed by atoms with E-state index in [9.17, 15) is 19.3 Å². The highest BCUT2D eigenvalue weighted by molar-refractivity contribution is 5.90. The van der Waals surface area contributed by atoms with Crippen molar-refractivity contribution in [2.24, 2.45) is 5.92 Å². The van der Waals surface area contributed by atoms with E-state index in [0.29, 0.717) is 19.0 Å². The van der Waals surface area contributed by atoms with Crippen molar-refractivity contribution in [2.75, 3.05) is 18.0 Å². The van der Waals surface area contributed by atoms with E-state index in [1.807, 2.05) is 0 Å². The highest BCUT2D eigenvalue weighted by Gasteiger charge is 2.29. The molecule has 1 aromatic rings. The fourth-order valence-electron chi connectivity index (χ4n) is 2.81. The smallest absolute Gasteiger partial charge is 0.338 e. The number of carboxylic acids is 1. The van der Waals surface area contributed by atoms with Crippen LogP contribution in [0.25, 0.3) is 0 Å². The van der Waals surface area contributed by atoms with Crippen molar-refractivity contribution < 1.29 is 19.2 Å². The van der Waals surface area contributed by atoms with Crippen LogP contribution in [0.2, 0.25) is 0 Å². The third kappa shape index (κ3) is 3.12. The maximum atomic E-state index is 13.8. The Labute approximate surface area is 121 Å². The molecule has 0 saturated carbocycles. The van der Waals surface area contributed by atoms with Crippen LogP contribution in [0.3, 0.4) is 0 Å². The summed E-state index contributed by atoms with van der Waals surface area (Å²) in [5.41, 5.74) is -0.859. The molecule has 0 radical (unpaired) electrons. The van der Waals surface area contributed by atoms with Crippen molar-refractivity contribution in [1.82, 2.24) is 0 Å². The summed E-state index contributed by atoms with van der Waals surface area (Å²) < 4.78 is 13.8. The van der Waals surface area contributed by atoms with Crippen LogP contribution in [-0.4, -0.2) is 29.1 Å². The SMILES string of the molecule is CCCC1CCN(c2cc(F)c(C(=O)O)cc2[N+](=O)[O-])C1. The maximum Gasteiger partial charge on any atom is 0.338 e. The molecule has 0 bridgehead atoms. The number of carbonyl (C=O) groups is 1. The van der Waals surface area contributed by atoms with Crippen LogP contribution in [-0.2, 0) is 0 Å². The number of anilines is 1. The van der Waals surface area contributed by atoms with Gasteiger partial charge in [0.2, 0.25) is 0 Å². The second kappa shape index (κ2) is 6.07. The van der Waals surface area contributed by atoms with Gasteiger partial charge in [0.05, 0.1) is 4.92 Å². The number of nitrogens with zero attached hydrogens (tertiary/aromatic N) is 2. The Morgan fingerprint density at radius 2 is 2.29 bits per heavy atom. The molecule has 0 amide bonds. The lowest BCUT2D eigenvalue weighted by molar-refractivity contribution is -0.384. The van der Waals surface area contributed by atoms with Crippen LogP contribution < -0.4 is 4.90 Å². The summed E-state index contributed by atoms with van der Waals surface area (Å²) in [5, 5.41) is 20.0. The molecule has 6 nitrogen and oxygen atoms in total. The normalized spacial score (nSPS) is 18.0. The van der Waals surface area contributed by atoms with Crippen LogP contribution in [0.4, 0.5) is 15.8 Å².